The number of hydrogen-bond acceptors (Lipinski definition) is 2. The molecule has 1 aliphatic rings. The average molecular weight is 799 g/mol. The largest absolute Gasteiger partial charge is 0.310 e. The second-order valence-electron chi connectivity index (χ2n) is 15.3. The van der Waals surface area contributed by atoms with Crippen molar-refractivity contribution < 1.29 is 0 Å². The first-order chi connectivity index (χ1) is 24.3. The van der Waals surface area contributed by atoms with Crippen LogP contribution < -0.4 is 9.80 Å². The molecule has 0 heterocycles. The third kappa shape index (κ3) is 6.93. The van der Waals surface area contributed by atoms with E-state index in [1.807, 2.05) is 0 Å². The molecule has 0 saturated carbocycles. The minimum absolute atomic E-state index is 0.0860. The SMILES string of the molecule is Cc1cc(C)c(N(c2ccc(Br)cc2)c2ccc3c(c2)CCc2cc(N(c4ccc(Br)cc4)c4c(C)cc(C(C)(C)C)cc4C)ccc2-3)c(C)c1. The molecule has 0 N–H and O–H groups in total. The molecule has 4 heteroatoms. The van der Waals surface area contributed by atoms with Crippen LogP contribution in [0.5, 0.6) is 0 Å². The molecule has 0 aliphatic heterocycles. The van der Waals surface area contributed by atoms with E-state index in [9.17, 15) is 0 Å². The second-order valence-corrected chi connectivity index (χ2v) is 17.1. The number of anilines is 6. The maximum atomic E-state index is 3.66. The Morgan fingerprint density at radius 1 is 0.451 bits per heavy atom. The number of nitrogens with zero attached hydrogens (tertiary/aromatic N) is 2. The van der Waals surface area contributed by atoms with E-state index in [4.69, 9.17) is 0 Å². The van der Waals surface area contributed by atoms with Gasteiger partial charge in [-0.05, 0) is 176 Å². The van der Waals surface area contributed by atoms with Crippen LogP contribution in [-0.2, 0) is 18.3 Å². The molecule has 51 heavy (non-hydrogen) atoms. The third-order valence-corrected chi connectivity index (χ3v) is 11.3. The first kappa shape index (κ1) is 35.3. The van der Waals surface area contributed by atoms with Crippen LogP contribution in [0.25, 0.3) is 11.1 Å². The van der Waals surface area contributed by atoms with Gasteiger partial charge < -0.3 is 9.80 Å². The fourth-order valence-corrected chi connectivity index (χ4v) is 8.44. The van der Waals surface area contributed by atoms with Gasteiger partial charge in [0.05, 0.1) is 11.4 Å². The molecule has 6 aromatic rings. The van der Waals surface area contributed by atoms with Gasteiger partial charge in [0, 0.05) is 31.7 Å². The van der Waals surface area contributed by atoms with Crippen molar-refractivity contribution in [2.24, 2.45) is 0 Å². The van der Waals surface area contributed by atoms with Crippen molar-refractivity contribution in [1.82, 2.24) is 0 Å². The van der Waals surface area contributed by atoms with Gasteiger partial charge in [-0.25, -0.2) is 0 Å². The fraction of sp³-hybridized carbons (Fsp3) is 0.234. The molecule has 2 nitrogen and oxygen atoms in total. The summed E-state index contributed by atoms with van der Waals surface area (Å²) in [5.74, 6) is 0. The van der Waals surface area contributed by atoms with E-state index in [0.29, 0.717) is 0 Å². The van der Waals surface area contributed by atoms with Gasteiger partial charge in [-0.3, -0.25) is 0 Å². The zero-order valence-corrected chi connectivity index (χ0v) is 34.1. The normalized spacial score (nSPS) is 12.4. The fourth-order valence-electron chi connectivity index (χ4n) is 7.91. The topological polar surface area (TPSA) is 6.48 Å². The number of halogens is 2. The van der Waals surface area contributed by atoms with E-state index in [0.717, 1.165) is 33.2 Å². The molecule has 0 fully saturated rings. The highest BCUT2D eigenvalue weighted by atomic mass is 79.9. The van der Waals surface area contributed by atoms with Gasteiger partial charge in [0.1, 0.15) is 0 Å². The number of hydrogen-bond donors (Lipinski definition) is 0. The third-order valence-electron chi connectivity index (χ3n) is 10.3. The highest BCUT2D eigenvalue weighted by Gasteiger charge is 2.25. The number of benzene rings is 6. The number of fused-ring (bicyclic) bond motifs is 3. The summed E-state index contributed by atoms with van der Waals surface area (Å²) >= 11 is 7.31. The Morgan fingerprint density at radius 2 is 0.804 bits per heavy atom. The van der Waals surface area contributed by atoms with Crippen molar-refractivity contribution in [3.05, 3.63) is 163 Å². The minimum atomic E-state index is 0.0860. The molecular formula is C47H46Br2N2. The Morgan fingerprint density at radius 3 is 1.18 bits per heavy atom. The van der Waals surface area contributed by atoms with Crippen molar-refractivity contribution >= 4 is 66.0 Å². The molecule has 0 atom stereocenters. The van der Waals surface area contributed by atoms with Crippen LogP contribution in [0.4, 0.5) is 34.1 Å². The second kappa shape index (κ2) is 13.8. The van der Waals surface area contributed by atoms with Crippen LogP contribution in [0.1, 0.15) is 65.3 Å². The molecule has 0 radical (unpaired) electrons. The first-order valence-corrected chi connectivity index (χ1v) is 19.4. The Kier molecular flexibility index (Phi) is 9.54. The first-order valence-electron chi connectivity index (χ1n) is 17.9. The summed E-state index contributed by atoms with van der Waals surface area (Å²) in [6, 6.07) is 40.9. The van der Waals surface area contributed by atoms with Crippen LogP contribution in [0.15, 0.2) is 118 Å². The number of rotatable bonds is 6. The molecule has 258 valence electrons. The summed E-state index contributed by atoms with van der Waals surface area (Å²) in [5.41, 5.74) is 20.5. The smallest absolute Gasteiger partial charge is 0.0520 e. The van der Waals surface area contributed by atoms with Gasteiger partial charge in [-0.2, -0.15) is 0 Å². The molecule has 0 bridgehead atoms. The van der Waals surface area contributed by atoms with Crippen molar-refractivity contribution in [1.29, 1.82) is 0 Å². The lowest BCUT2D eigenvalue weighted by Gasteiger charge is -2.32. The van der Waals surface area contributed by atoms with Gasteiger partial charge in [0.25, 0.3) is 0 Å². The molecule has 0 unspecified atom stereocenters. The van der Waals surface area contributed by atoms with E-state index >= 15 is 0 Å². The van der Waals surface area contributed by atoms with E-state index in [1.54, 1.807) is 0 Å². The Hall–Kier alpha value is -4.12. The van der Waals surface area contributed by atoms with E-state index < -0.39 is 0 Å². The van der Waals surface area contributed by atoms with Gasteiger partial charge in [0.2, 0.25) is 0 Å². The highest BCUT2D eigenvalue weighted by molar-refractivity contribution is 9.10. The molecule has 0 saturated heterocycles. The summed E-state index contributed by atoms with van der Waals surface area (Å²) in [6.45, 7) is 18.0. The molecule has 7 rings (SSSR count). The van der Waals surface area contributed by atoms with E-state index in [-0.39, 0.29) is 5.41 Å². The van der Waals surface area contributed by atoms with Gasteiger partial charge in [-0.15, -0.1) is 0 Å². The van der Waals surface area contributed by atoms with Crippen molar-refractivity contribution in [2.45, 2.75) is 73.6 Å². The summed E-state index contributed by atoms with van der Waals surface area (Å²) in [7, 11) is 0. The molecule has 6 aromatic carbocycles. The predicted molar refractivity (Wildman–Crippen MR) is 226 cm³/mol. The van der Waals surface area contributed by atoms with Crippen LogP contribution in [0, 0.1) is 34.6 Å². The van der Waals surface area contributed by atoms with Crippen molar-refractivity contribution in [3.63, 3.8) is 0 Å². The summed E-state index contributed by atoms with van der Waals surface area (Å²) in [6.07, 6.45) is 1.99. The Bertz CT molecular complexity index is 2210. The quantitative estimate of drug-likeness (QED) is 0.166. The molecule has 1 aliphatic carbocycles. The van der Waals surface area contributed by atoms with E-state index in [2.05, 4.69) is 206 Å². The molecule has 0 spiro atoms. The lowest BCUT2D eigenvalue weighted by molar-refractivity contribution is 0.589. The minimum Gasteiger partial charge on any atom is -0.310 e. The summed E-state index contributed by atoms with van der Waals surface area (Å²) in [4.78, 5) is 4.88. The Balaban J connectivity index is 1.32. The van der Waals surface area contributed by atoms with Gasteiger partial charge >= 0.3 is 0 Å². The van der Waals surface area contributed by atoms with Crippen LogP contribution >= 0.6 is 31.9 Å². The van der Waals surface area contributed by atoms with E-state index in [1.165, 1.54) is 78.4 Å². The lowest BCUT2D eigenvalue weighted by atomic mass is 9.84. The summed E-state index contributed by atoms with van der Waals surface area (Å²) < 4.78 is 2.16. The monoisotopic (exact) mass is 796 g/mol. The molecule has 0 amide bonds. The van der Waals surface area contributed by atoms with Gasteiger partial charge in [0.15, 0.2) is 0 Å². The molecule has 0 aromatic heterocycles. The maximum Gasteiger partial charge on any atom is 0.0520 e. The van der Waals surface area contributed by atoms with Crippen LogP contribution in [0.3, 0.4) is 0 Å². The maximum absolute atomic E-state index is 3.66. The highest BCUT2D eigenvalue weighted by Crippen LogP contribution is 2.46. The van der Waals surface area contributed by atoms with Crippen LogP contribution in [0.2, 0.25) is 0 Å². The lowest BCUT2D eigenvalue weighted by Crippen LogP contribution is -2.17. The number of aryl methyl sites for hydroxylation is 7. The Labute approximate surface area is 321 Å². The van der Waals surface area contributed by atoms with Crippen molar-refractivity contribution in [3.8, 4) is 11.1 Å². The predicted octanol–water partition coefficient (Wildman–Crippen LogP) is 14.8. The standard InChI is InChI=1S/C47H46Br2N2/c1-29-23-30(2)45(31(3)24-29)50(39-15-11-37(48)12-16-39)41-19-21-43-34(27-41)9-10-35-28-42(20-22-44(35)43)51(40-17-13-38(49)14-18-40)46-32(4)25-36(26-33(46)5)47(6,7)8/h11-28H,9-10H2,1-8H3. The molecular weight excluding hydrogens is 752 g/mol. The summed E-state index contributed by atoms with van der Waals surface area (Å²) in [5, 5.41) is 0. The zero-order valence-electron chi connectivity index (χ0n) is 31.0. The van der Waals surface area contributed by atoms with Crippen LogP contribution in [-0.4, -0.2) is 0 Å². The van der Waals surface area contributed by atoms with Gasteiger partial charge in [-0.1, -0.05) is 94.6 Å². The average Bonchev–Trinajstić information content (AvgIpc) is 3.08. The van der Waals surface area contributed by atoms with Crippen molar-refractivity contribution in [2.75, 3.05) is 9.80 Å². The zero-order chi connectivity index (χ0) is 36.2.